The number of nitrogens with one attached hydrogen (secondary N) is 1. The Balaban J connectivity index is 1.46. The average Bonchev–Trinajstić information content (AvgIpc) is 2.75. The molecule has 1 aliphatic heterocycles. The monoisotopic (exact) mass is 421 g/mol. The number of carbonyl (C=O) groups excluding carboxylic acids is 1. The van der Waals surface area contributed by atoms with Crippen LogP contribution in [0.3, 0.4) is 0 Å². The highest BCUT2D eigenvalue weighted by Gasteiger charge is 2.27. The Kier molecular flexibility index (Phi) is 5.47. The molecule has 8 nitrogen and oxygen atoms in total. The zero-order chi connectivity index (χ0) is 22.2. The summed E-state index contributed by atoms with van der Waals surface area (Å²) in [6.45, 7) is 7.91. The van der Waals surface area contributed by atoms with Gasteiger partial charge in [0.15, 0.2) is 5.69 Å². The maximum atomic E-state index is 13.1. The van der Waals surface area contributed by atoms with Crippen LogP contribution in [0.15, 0.2) is 46.0 Å². The number of likely N-dealkylation sites (tertiary alicyclic amines) is 1. The molecule has 0 bridgehead atoms. The second kappa shape index (κ2) is 8.09. The number of amides is 1. The molecule has 3 heterocycles. The van der Waals surface area contributed by atoms with E-state index in [1.54, 1.807) is 46.0 Å². The molecule has 1 aromatic carbocycles. The van der Waals surface area contributed by atoms with Gasteiger partial charge in [-0.3, -0.25) is 14.4 Å². The van der Waals surface area contributed by atoms with Gasteiger partial charge in [-0.05, 0) is 30.9 Å². The van der Waals surface area contributed by atoms with E-state index >= 15 is 0 Å². The van der Waals surface area contributed by atoms with Crippen LogP contribution in [-0.2, 0) is 12.0 Å². The summed E-state index contributed by atoms with van der Waals surface area (Å²) in [7, 11) is 0. The zero-order valence-electron chi connectivity index (χ0n) is 18.1. The lowest BCUT2D eigenvalue weighted by molar-refractivity contribution is 0.0675. The summed E-state index contributed by atoms with van der Waals surface area (Å²) in [4.78, 5) is 39.1. The maximum Gasteiger partial charge on any atom is 0.274 e. The summed E-state index contributed by atoms with van der Waals surface area (Å²) in [6.07, 6.45) is 1.56. The number of aromatic amines is 1. The Bertz CT molecular complexity index is 1230. The molecule has 1 amide bonds. The van der Waals surface area contributed by atoms with Crippen LogP contribution in [0, 0.1) is 5.92 Å². The van der Waals surface area contributed by atoms with E-state index in [9.17, 15) is 14.4 Å². The van der Waals surface area contributed by atoms with Crippen LogP contribution in [0.2, 0.25) is 0 Å². The fourth-order valence-corrected chi connectivity index (χ4v) is 3.97. The molecule has 1 N–H and O–H groups in total. The normalized spacial score (nSPS) is 15.4. The van der Waals surface area contributed by atoms with Gasteiger partial charge in [-0.25, -0.2) is 9.78 Å². The Hall–Kier alpha value is -3.29. The summed E-state index contributed by atoms with van der Waals surface area (Å²) in [5.41, 5.74) is 0.620. The third-order valence-corrected chi connectivity index (χ3v) is 5.87. The maximum absolute atomic E-state index is 13.1. The van der Waals surface area contributed by atoms with Crippen molar-refractivity contribution in [3.8, 4) is 0 Å². The van der Waals surface area contributed by atoms with Gasteiger partial charge in [0.2, 0.25) is 0 Å². The molecule has 0 unspecified atom stereocenters. The lowest BCUT2D eigenvalue weighted by atomic mass is 9.92. The predicted molar refractivity (Wildman–Crippen MR) is 118 cm³/mol. The number of hydrogen-bond donors (Lipinski definition) is 1. The van der Waals surface area contributed by atoms with Gasteiger partial charge in [-0.15, -0.1) is 0 Å². The molecular formula is C23H27N5O3. The third-order valence-electron chi connectivity index (χ3n) is 5.87. The predicted octanol–water partition coefficient (Wildman–Crippen LogP) is 2.33. The zero-order valence-corrected chi connectivity index (χ0v) is 18.1. The number of aromatic nitrogens is 4. The third kappa shape index (κ3) is 4.28. The molecule has 1 saturated heterocycles. The number of benzene rings is 1. The van der Waals surface area contributed by atoms with Crippen molar-refractivity contribution in [2.24, 2.45) is 5.92 Å². The van der Waals surface area contributed by atoms with E-state index in [0.29, 0.717) is 30.4 Å². The first-order valence-electron chi connectivity index (χ1n) is 10.6. The Labute approximate surface area is 179 Å². The molecule has 2 aromatic heterocycles. The molecule has 1 fully saturated rings. The molecule has 3 aromatic rings. The first kappa shape index (κ1) is 21.0. The van der Waals surface area contributed by atoms with Crippen molar-refractivity contribution in [2.45, 2.75) is 45.6 Å². The molecule has 8 heteroatoms. The fourth-order valence-electron chi connectivity index (χ4n) is 3.97. The second-order valence-electron chi connectivity index (χ2n) is 9.17. The highest BCUT2D eigenvalue weighted by atomic mass is 16.2. The van der Waals surface area contributed by atoms with Crippen LogP contribution in [0.4, 0.5) is 0 Å². The highest BCUT2D eigenvalue weighted by Crippen LogP contribution is 2.23. The average molecular weight is 422 g/mol. The first-order chi connectivity index (χ1) is 14.7. The van der Waals surface area contributed by atoms with Gasteiger partial charge in [-0.2, -0.15) is 10.2 Å². The van der Waals surface area contributed by atoms with Gasteiger partial charge >= 0.3 is 0 Å². The molecule has 1 aliphatic rings. The molecule has 0 spiro atoms. The minimum Gasteiger partial charge on any atom is -0.337 e. The largest absolute Gasteiger partial charge is 0.337 e. The van der Waals surface area contributed by atoms with Gasteiger partial charge < -0.3 is 4.90 Å². The number of nitrogens with zero attached hydrogens (tertiary/aromatic N) is 4. The summed E-state index contributed by atoms with van der Waals surface area (Å²) in [5, 5.41) is 12.0. The van der Waals surface area contributed by atoms with Crippen LogP contribution in [0.25, 0.3) is 10.8 Å². The molecule has 0 atom stereocenters. The molecule has 0 radical (unpaired) electrons. The summed E-state index contributed by atoms with van der Waals surface area (Å²) in [5.74, 6) is 0.0840. The van der Waals surface area contributed by atoms with Crippen LogP contribution in [-0.4, -0.2) is 43.9 Å². The Morgan fingerprint density at radius 2 is 1.74 bits per heavy atom. The van der Waals surface area contributed by atoms with Crippen molar-refractivity contribution in [3.63, 3.8) is 0 Å². The number of fused-ring (bicyclic) bond motifs is 1. The quantitative estimate of drug-likeness (QED) is 0.699. The van der Waals surface area contributed by atoms with E-state index in [-0.39, 0.29) is 34.1 Å². The SMILES string of the molecule is CC(C)(C)c1ccc(=O)n(CC2CCN(C(=O)c3n[nH]c(=O)c4ccccc34)CC2)n1. The molecule has 31 heavy (non-hydrogen) atoms. The second-order valence-corrected chi connectivity index (χ2v) is 9.17. The Morgan fingerprint density at radius 3 is 2.42 bits per heavy atom. The van der Waals surface area contributed by atoms with Crippen molar-refractivity contribution in [1.29, 1.82) is 0 Å². The van der Waals surface area contributed by atoms with Gasteiger partial charge in [0, 0.05) is 36.5 Å². The smallest absolute Gasteiger partial charge is 0.274 e. The number of H-pyrrole nitrogens is 1. The van der Waals surface area contributed by atoms with E-state index in [4.69, 9.17) is 0 Å². The van der Waals surface area contributed by atoms with E-state index in [1.807, 2.05) is 0 Å². The minimum absolute atomic E-state index is 0.101. The lowest BCUT2D eigenvalue weighted by Crippen LogP contribution is -2.41. The number of rotatable bonds is 3. The standard InChI is InChI=1S/C23H27N5O3/c1-23(2,3)18-8-9-19(29)28(26-18)14-15-10-12-27(13-11-15)22(31)20-16-6-4-5-7-17(16)21(30)25-24-20/h4-9,15H,10-14H2,1-3H3,(H,25,30). The van der Waals surface area contributed by atoms with Crippen molar-refractivity contribution in [2.75, 3.05) is 13.1 Å². The minimum atomic E-state index is -0.304. The van der Waals surface area contributed by atoms with Crippen LogP contribution >= 0.6 is 0 Å². The van der Waals surface area contributed by atoms with Crippen molar-refractivity contribution >= 4 is 16.7 Å². The van der Waals surface area contributed by atoms with Crippen molar-refractivity contribution in [1.82, 2.24) is 24.9 Å². The number of carbonyl (C=O) groups is 1. The summed E-state index contributed by atoms with van der Waals surface area (Å²) in [6, 6.07) is 10.4. The van der Waals surface area contributed by atoms with E-state index in [1.165, 1.54) is 0 Å². The highest BCUT2D eigenvalue weighted by molar-refractivity contribution is 6.04. The molecule has 4 rings (SSSR count). The molecule has 0 aliphatic carbocycles. The van der Waals surface area contributed by atoms with Gasteiger partial charge in [0.1, 0.15) is 0 Å². The summed E-state index contributed by atoms with van der Waals surface area (Å²) >= 11 is 0. The first-order valence-corrected chi connectivity index (χ1v) is 10.6. The van der Waals surface area contributed by atoms with Crippen LogP contribution < -0.4 is 11.1 Å². The summed E-state index contributed by atoms with van der Waals surface area (Å²) < 4.78 is 1.56. The van der Waals surface area contributed by atoms with E-state index < -0.39 is 0 Å². The van der Waals surface area contributed by atoms with Gasteiger partial charge in [0.25, 0.3) is 17.0 Å². The van der Waals surface area contributed by atoms with E-state index in [2.05, 4.69) is 36.1 Å². The molecular weight excluding hydrogens is 394 g/mol. The lowest BCUT2D eigenvalue weighted by Gasteiger charge is -2.32. The Morgan fingerprint density at radius 1 is 1.06 bits per heavy atom. The molecule has 0 saturated carbocycles. The van der Waals surface area contributed by atoms with Crippen LogP contribution in [0.1, 0.15) is 49.8 Å². The molecule has 162 valence electrons. The van der Waals surface area contributed by atoms with Crippen molar-refractivity contribution < 1.29 is 4.79 Å². The number of piperidine rings is 1. The van der Waals surface area contributed by atoms with E-state index in [0.717, 1.165) is 18.5 Å². The topological polar surface area (TPSA) is 101 Å². The van der Waals surface area contributed by atoms with Crippen molar-refractivity contribution in [3.05, 3.63) is 68.5 Å². The fraction of sp³-hybridized carbons (Fsp3) is 0.435. The van der Waals surface area contributed by atoms with Gasteiger partial charge in [-0.1, -0.05) is 39.0 Å². The van der Waals surface area contributed by atoms with Gasteiger partial charge in [0.05, 0.1) is 11.1 Å². The number of hydrogen-bond acceptors (Lipinski definition) is 5. The van der Waals surface area contributed by atoms with Crippen LogP contribution in [0.5, 0.6) is 0 Å².